The maximum atomic E-state index is 9.27. The molecule has 2 fully saturated rings. The molecule has 5 heteroatoms. The first-order chi connectivity index (χ1) is 9.63. The van der Waals surface area contributed by atoms with E-state index in [-0.39, 0.29) is 24.4 Å². The lowest BCUT2D eigenvalue weighted by molar-refractivity contribution is -0.126. The molecule has 0 amide bonds. The van der Waals surface area contributed by atoms with Crippen LogP contribution in [0.5, 0.6) is 0 Å². The monoisotopic (exact) mass is 278 g/mol. The molecule has 20 heavy (non-hydrogen) atoms. The molecule has 1 aromatic rings. The van der Waals surface area contributed by atoms with Gasteiger partial charge in [0.05, 0.1) is 25.4 Å². The molecule has 0 aliphatic carbocycles. The standard InChI is InChI=1S/C15H22N2O3/c1-11-8-17(14-7-13(9-18)3-5-16-14)10-15(20-11)4-6-19-12(15)2/h3,5,7,11-12,18H,4,6,8-10H2,1-2H3. The molecule has 3 atom stereocenters. The molecule has 2 saturated heterocycles. The minimum atomic E-state index is -0.228. The molecule has 2 aliphatic rings. The van der Waals surface area contributed by atoms with Crippen molar-refractivity contribution in [1.29, 1.82) is 0 Å². The molecule has 1 spiro atoms. The minimum absolute atomic E-state index is 0.0417. The van der Waals surface area contributed by atoms with Crippen LogP contribution in [-0.4, -0.2) is 47.6 Å². The SMILES string of the molecule is CC1CN(c2cc(CO)ccn2)CC2(CCOC2C)O1. The summed E-state index contributed by atoms with van der Waals surface area (Å²) < 4.78 is 11.9. The van der Waals surface area contributed by atoms with Gasteiger partial charge in [0.25, 0.3) is 0 Å². The maximum absolute atomic E-state index is 9.27. The summed E-state index contributed by atoms with van der Waals surface area (Å²) in [5, 5.41) is 9.27. The second-order valence-electron chi connectivity index (χ2n) is 5.82. The van der Waals surface area contributed by atoms with Gasteiger partial charge in [0.15, 0.2) is 0 Å². The fraction of sp³-hybridized carbons (Fsp3) is 0.667. The number of aromatic nitrogens is 1. The largest absolute Gasteiger partial charge is 0.392 e. The van der Waals surface area contributed by atoms with Crippen LogP contribution >= 0.6 is 0 Å². The number of ether oxygens (including phenoxy) is 2. The fourth-order valence-corrected chi connectivity index (χ4v) is 3.21. The molecule has 1 aromatic heterocycles. The lowest BCUT2D eigenvalue weighted by Gasteiger charge is -2.45. The first-order valence-electron chi connectivity index (χ1n) is 7.23. The summed E-state index contributed by atoms with van der Waals surface area (Å²) in [7, 11) is 0. The maximum Gasteiger partial charge on any atom is 0.129 e. The molecule has 3 heterocycles. The second-order valence-corrected chi connectivity index (χ2v) is 5.82. The van der Waals surface area contributed by atoms with Crippen LogP contribution in [0.2, 0.25) is 0 Å². The zero-order valence-electron chi connectivity index (χ0n) is 12.1. The Morgan fingerprint density at radius 3 is 3.05 bits per heavy atom. The highest BCUT2D eigenvalue weighted by Crippen LogP contribution is 2.36. The molecule has 110 valence electrons. The zero-order valence-corrected chi connectivity index (χ0v) is 12.1. The van der Waals surface area contributed by atoms with Crippen molar-refractivity contribution in [2.45, 2.75) is 44.7 Å². The van der Waals surface area contributed by atoms with Gasteiger partial charge in [-0.05, 0) is 31.5 Å². The van der Waals surface area contributed by atoms with Crippen LogP contribution in [0.4, 0.5) is 5.82 Å². The summed E-state index contributed by atoms with van der Waals surface area (Å²) in [5.74, 6) is 0.908. The van der Waals surface area contributed by atoms with E-state index >= 15 is 0 Å². The minimum Gasteiger partial charge on any atom is -0.392 e. The van der Waals surface area contributed by atoms with E-state index in [0.717, 1.165) is 37.5 Å². The molecule has 0 aromatic carbocycles. The van der Waals surface area contributed by atoms with Gasteiger partial charge in [-0.1, -0.05) is 0 Å². The highest BCUT2D eigenvalue weighted by Gasteiger charge is 2.48. The molecule has 2 aliphatic heterocycles. The van der Waals surface area contributed by atoms with Crippen LogP contribution in [0, 0.1) is 0 Å². The fourth-order valence-electron chi connectivity index (χ4n) is 3.21. The van der Waals surface area contributed by atoms with E-state index in [1.165, 1.54) is 0 Å². The van der Waals surface area contributed by atoms with Crippen molar-refractivity contribution in [3.05, 3.63) is 23.9 Å². The van der Waals surface area contributed by atoms with E-state index < -0.39 is 0 Å². The first-order valence-corrected chi connectivity index (χ1v) is 7.23. The molecule has 3 unspecified atom stereocenters. The molecule has 0 bridgehead atoms. The summed E-state index contributed by atoms with van der Waals surface area (Å²) >= 11 is 0. The third-order valence-electron chi connectivity index (χ3n) is 4.32. The highest BCUT2D eigenvalue weighted by atomic mass is 16.6. The van der Waals surface area contributed by atoms with Crippen LogP contribution in [0.1, 0.15) is 25.8 Å². The van der Waals surface area contributed by atoms with Crippen LogP contribution < -0.4 is 4.90 Å². The Labute approximate surface area is 119 Å². The van der Waals surface area contributed by atoms with E-state index in [9.17, 15) is 5.11 Å². The lowest BCUT2D eigenvalue weighted by atomic mass is 9.93. The van der Waals surface area contributed by atoms with Crippen molar-refractivity contribution in [2.75, 3.05) is 24.6 Å². The number of hydrogen-bond acceptors (Lipinski definition) is 5. The van der Waals surface area contributed by atoms with Crippen molar-refractivity contribution >= 4 is 5.82 Å². The number of pyridine rings is 1. The van der Waals surface area contributed by atoms with Gasteiger partial charge in [-0.25, -0.2) is 4.98 Å². The van der Waals surface area contributed by atoms with Gasteiger partial charge < -0.3 is 19.5 Å². The molecule has 0 saturated carbocycles. The van der Waals surface area contributed by atoms with Gasteiger partial charge in [-0.2, -0.15) is 0 Å². The van der Waals surface area contributed by atoms with Gasteiger partial charge in [0.1, 0.15) is 11.4 Å². The number of rotatable bonds is 2. The Kier molecular flexibility index (Phi) is 3.67. The van der Waals surface area contributed by atoms with Gasteiger partial charge >= 0.3 is 0 Å². The summed E-state index contributed by atoms with van der Waals surface area (Å²) in [5.41, 5.74) is 0.660. The van der Waals surface area contributed by atoms with Crippen molar-refractivity contribution < 1.29 is 14.6 Å². The number of morpholine rings is 1. The van der Waals surface area contributed by atoms with Crippen LogP contribution in [0.15, 0.2) is 18.3 Å². The van der Waals surface area contributed by atoms with E-state index in [4.69, 9.17) is 9.47 Å². The van der Waals surface area contributed by atoms with Crippen molar-refractivity contribution in [2.24, 2.45) is 0 Å². The number of aliphatic hydroxyl groups is 1. The Bertz CT molecular complexity index is 482. The van der Waals surface area contributed by atoms with Gasteiger partial charge in [0.2, 0.25) is 0 Å². The number of anilines is 1. The van der Waals surface area contributed by atoms with E-state index in [2.05, 4.69) is 23.7 Å². The van der Waals surface area contributed by atoms with Crippen molar-refractivity contribution in [3.8, 4) is 0 Å². The molecular weight excluding hydrogens is 256 g/mol. The Balaban J connectivity index is 1.85. The van der Waals surface area contributed by atoms with E-state index in [1.807, 2.05) is 12.1 Å². The predicted octanol–water partition coefficient (Wildman–Crippen LogP) is 1.35. The number of nitrogens with zero attached hydrogens (tertiary/aromatic N) is 2. The zero-order chi connectivity index (χ0) is 14.2. The average molecular weight is 278 g/mol. The summed E-state index contributed by atoms with van der Waals surface area (Å²) in [6.45, 7) is 6.58. The number of aliphatic hydroxyl groups excluding tert-OH is 1. The predicted molar refractivity (Wildman–Crippen MR) is 75.7 cm³/mol. The summed E-state index contributed by atoms with van der Waals surface area (Å²) in [6.07, 6.45) is 2.93. The first kappa shape index (κ1) is 13.8. The topological polar surface area (TPSA) is 54.8 Å². The molecular formula is C15H22N2O3. The van der Waals surface area contributed by atoms with Crippen LogP contribution in [0.3, 0.4) is 0 Å². The Morgan fingerprint density at radius 1 is 1.50 bits per heavy atom. The van der Waals surface area contributed by atoms with Crippen molar-refractivity contribution in [3.63, 3.8) is 0 Å². The van der Waals surface area contributed by atoms with E-state index in [0.29, 0.717) is 0 Å². The molecule has 0 radical (unpaired) electrons. The van der Waals surface area contributed by atoms with Crippen molar-refractivity contribution in [1.82, 2.24) is 4.98 Å². The smallest absolute Gasteiger partial charge is 0.129 e. The third-order valence-corrected chi connectivity index (χ3v) is 4.32. The normalized spacial score (nSPS) is 33.9. The summed E-state index contributed by atoms with van der Waals surface area (Å²) in [4.78, 5) is 6.69. The highest BCUT2D eigenvalue weighted by molar-refractivity contribution is 5.42. The average Bonchev–Trinajstić information content (AvgIpc) is 2.78. The second kappa shape index (κ2) is 5.31. The Morgan fingerprint density at radius 2 is 2.35 bits per heavy atom. The lowest BCUT2D eigenvalue weighted by Crippen LogP contribution is -2.58. The third kappa shape index (κ3) is 2.41. The molecule has 3 rings (SSSR count). The van der Waals surface area contributed by atoms with Gasteiger partial charge in [-0.3, -0.25) is 0 Å². The van der Waals surface area contributed by atoms with Gasteiger partial charge in [-0.15, -0.1) is 0 Å². The van der Waals surface area contributed by atoms with Crippen LogP contribution in [-0.2, 0) is 16.1 Å². The Hall–Kier alpha value is -1.17. The number of hydrogen-bond donors (Lipinski definition) is 1. The van der Waals surface area contributed by atoms with Crippen LogP contribution in [0.25, 0.3) is 0 Å². The molecule has 1 N–H and O–H groups in total. The molecule has 5 nitrogen and oxygen atoms in total. The summed E-state index contributed by atoms with van der Waals surface area (Å²) in [6, 6.07) is 3.79. The van der Waals surface area contributed by atoms with Gasteiger partial charge in [0, 0.05) is 25.8 Å². The van der Waals surface area contributed by atoms with E-state index in [1.54, 1.807) is 6.20 Å². The quantitative estimate of drug-likeness (QED) is 0.885.